The number of rotatable bonds is 5. The highest BCUT2D eigenvalue weighted by molar-refractivity contribution is 5.92. The van der Waals surface area contributed by atoms with Gasteiger partial charge in [-0.05, 0) is 55.7 Å². The standard InChI is InChI=1S/C20H21N3O2/c1-14(4-5-15-6-10-18(24)11-7-15)22-20(25)23-17-9-8-16-3-2-12-21-19(16)13-17/h2-3,6-14,24H,4-5H2,1H3,(H2,22,23,25). The Kier molecular flexibility index (Phi) is 5.14. The van der Waals surface area contributed by atoms with E-state index in [4.69, 9.17) is 0 Å². The van der Waals surface area contributed by atoms with Crippen molar-refractivity contribution < 1.29 is 9.90 Å². The highest BCUT2D eigenvalue weighted by atomic mass is 16.3. The summed E-state index contributed by atoms with van der Waals surface area (Å²) in [5.74, 6) is 0.263. The van der Waals surface area contributed by atoms with Gasteiger partial charge in [0.05, 0.1) is 5.52 Å². The Morgan fingerprint density at radius 2 is 1.96 bits per heavy atom. The summed E-state index contributed by atoms with van der Waals surface area (Å²) in [6.45, 7) is 1.97. The van der Waals surface area contributed by atoms with Crippen LogP contribution in [0.25, 0.3) is 10.9 Å². The molecule has 0 fully saturated rings. The van der Waals surface area contributed by atoms with Crippen molar-refractivity contribution >= 4 is 22.6 Å². The zero-order chi connectivity index (χ0) is 17.6. The number of urea groups is 1. The van der Waals surface area contributed by atoms with Crippen LogP contribution in [0.1, 0.15) is 18.9 Å². The quantitative estimate of drug-likeness (QED) is 0.657. The van der Waals surface area contributed by atoms with E-state index in [0.717, 1.165) is 35.0 Å². The Bertz CT molecular complexity index is 862. The third-order valence-electron chi connectivity index (χ3n) is 4.04. The van der Waals surface area contributed by atoms with E-state index >= 15 is 0 Å². The topological polar surface area (TPSA) is 74.2 Å². The highest BCUT2D eigenvalue weighted by Crippen LogP contribution is 2.17. The maximum absolute atomic E-state index is 12.1. The Balaban J connectivity index is 1.51. The number of hydrogen-bond acceptors (Lipinski definition) is 3. The van der Waals surface area contributed by atoms with Crippen LogP contribution in [0.4, 0.5) is 10.5 Å². The van der Waals surface area contributed by atoms with Crippen LogP contribution in [0.3, 0.4) is 0 Å². The number of phenolic OH excluding ortho intramolecular Hbond substituents is 1. The van der Waals surface area contributed by atoms with Gasteiger partial charge < -0.3 is 15.7 Å². The van der Waals surface area contributed by atoms with Gasteiger partial charge in [0.1, 0.15) is 5.75 Å². The zero-order valence-corrected chi connectivity index (χ0v) is 14.1. The molecule has 2 aromatic carbocycles. The van der Waals surface area contributed by atoms with Crippen LogP contribution >= 0.6 is 0 Å². The molecule has 0 saturated heterocycles. The molecule has 1 unspecified atom stereocenters. The molecule has 25 heavy (non-hydrogen) atoms. The van der Waals surface area contributed by atoms with Gasteiger partial charge in [-0.1, -0.05) is 24.3 Å². The van der Waals surface area contributed by atoms with E-state index in [1.165, 1.54) is 0 Å². The number of aromatic hydroxyl groups is 1. The monoisotopic (exact) mass is 335 g/mol. The first kappa shape index (κ1) is 16.8. The Hall–Kier alpha value is -3.08. The molecular weight excluding hydrogens is 314 g/mol. The molecule has 5 nitrogen and oxygen atoms in total. The summed E-state index contributed by atoms with van der Waals surface area (Å²) < 4.78 is 0. The summed E-state index contributed by atoms with van der Waals surface area (Å²) in [6.07, 6.45) is 3.39. The smallest absolute Gasteiger partial charge is 0.319 e. The second-order valence-corrected chi connectivity index (χ2v) is 6.12. The van der Waals surface area contributed by atoms with Crippen LogP contribution in [0.2, 0.25) is 0 Å². The number of hydrogen-bond donors (Lipinski definition) is 3. The number of carbonyl (C=O) groups excluding carboxylic acids is 1. The van der Waals surface area contributed by atoms with Crippen molar-refractivity contribution in [1.29, 1.82) is 0 Å². The lowest BCUT2D eigenvalue weighted by Gasteiger charge is -2.15. The molecule has 5 heteroatoms. The van der Waals surface area contributed by atoms with Crippen molar-refractivity contribution in [2.75, 3.05) is 5.32 Å². The van der Waals surface area contributed by atoms with Gasteiger partial charge in [-0.3, -0.25) is 4.98 Å². The summed E-state index contributed by atoms with van der Waals surface area (Å²) in [6, 6.07) is 16.5. The van der Waals surface area contributed by atoms with E-state index in [0.29, 0.717) is 0 Å². The minimum atomic E-state index is -0.228. The fourth-order valence-electron chi connectivity index (χ4n) is 2.65. The largest absolute Gasteiger partial charge is 0.508 e. The maximum atomic E-state index is 12.1. The molecule has 1 heterocycles. The number of pyridine rings is 1. The normalized spacial score (nSPS) is 11.9. The lowest BCUT2D eigenvalue weighted by molar-refractivity contribution is 0.248. The van der Waals surface area contributed by atoms with E-state index in [1.54, 1.807) is 18.3 Å². The summed E-state index contributed by atoms with van der Waals surface area (Å²) in [5.41, 5.74) is 2.70. The second kappa shape index (κ2) is 7.66. The molecule has 0 bridgehead atoms. The van der Waals surface area contributed by atoms with Crippen molar-refractivity contribution in [3.05, 3.63) is 66.4 Å². The highest BCUT2D eigenvalue weighted by Gasteiger charge is 2.08. The molecule has 0 radical (unpaired) electrons. The first-order chi connectivity index (χ1) is 12.1. The van der Waals surface area contributed by atoms with E-state index in [9.17, 15) is 9.90 Å². The van der Waals surface area contributed by atoms with Gasteiger partial charge in [-0.25, -0.2) is 4.79 Å². The number of nitrogens with zero attached hydrogens (tertiary/aromatic N) is 1. The lowest BCUT2D eigenvalue weighted by Crippen LogP contribution is -2.36. The Morgan fingerprint density at radius 3 is 2.76 bits per heavy atom. The van der Waals surface area contributed by atoms with Gasteiger partial charge in [-0.2, -0.15) is 0 Å². The number of anilines is 1. The molecule has 1 atom stereocenters. The molecular formula is C20H21N3O2. The molecule has 0 aliphatic rings. The van der Waals surface area contributed by atoms with E-state index in [2.05, 4.69) is 15.6 Å². The van der Waals surface area contributed by atoms with Gasteiger partial charge in [0.15, 0.2) is 0 Å². The SMILES string of the molecule is CC(CCc1ccc(O)cc1)NC(=O)Nc1ccc2cccnc2c1. The predicted molar refractivity (Wildman–Crippen MR) is 99.8 cm³/mol. The van der Waals surface area contributed by atoms with Crippen molar-refractivity contribution in [2.24, 2.45) is 0 Å². The molecule has 0 aliphatic heterocycles. The first-order valence-corrected chi connectivity index (χ1v) is 8.30. The molecule has 2 amide bonds. The number of nitrogens with one attached hydrogen (secondary N) is 2. The van der Waals surface area contributed by atoms with Crippen molar-refractivity contribution in [1.82, 2.24) is 10.3 Å². The summed E-state index contributed by atoms with van der Waals surface area (Å²) in [4.78, 5) is 16.4. The molecule has 0 saturated carbocycles. The number of benzene rings is 2. The molecule has 3 N–H and O–H groups in total. The summed E-state index contributed by atoms with van der Waals surface area (Å²) in [5, 5.41) is 16.1. The predicted octanol–water partition coefficient (Wildman–Crippen LogP) is 4.08. The lowest BCUT2D eigenvalue weighted by atomic mass is 10.1. The van der Waals surface area contributed by atoms with Gasteiger partial charge in [0.25, 0.3) is 0 Å². The van der Waals surface area contributed by atoms with Gasteiger partial charge >= 0.3 is 6.03 Å². The van der Waals surface area contributed by atoms with Crippen molar-refractivity contribution in [3.63, 3.8) is 0 Å². The van der Waals surface area contributed by atoms with Crippen LogP contribution in [-0.2, 0) is 6.42 Å². The van der Waals surface area contributed by atoms with Crippen LogP contribution < -0.4 is 10.6 Å². The van der Waals surface area contributed by atoms with Crippen molar-refractivity contribution in [2.45, 2.75) is 25.8 Å². The number of aromatic nitrogens is 1. The molecule has 3 aromatic rings. The van der Waals surface area contributed by atoms with Crippen LogP contribution in [0.5, 0.6) is 5.75 Å². The number of carbonyl (C=O) groups is 1. The molecule has 1 aromatic heterocycles. The zero-order valence-electron chi connectivity index (χ0n) is 14.1. The first-order valence-electron chi connectivity index (χ1n) is 8.30. The van der Waals surface area contributed by atoms with Gasteiger partial charge in [-0.15, -0.1) is 0 Å². The molecule has 0 aliphatic carbocycles. The average molecular weight is 335 g/mol. The van der Waals surface area contributed by atoms with Gasteiger partial charge in [0, 0.05) is 23.3 Å². The maximum Gasteiger partial charge on any atom is 0.319 e. The third-order valence-corrected chi connectivity index (χ3v) is 4.04. The van der Waals surface area contributed by atoms with Crippen LogP contribution in [0.15, 0.2) is 60.8 Å². The number of phenols is 1. The molecule has 0 spiro atoms. The fraction of sp³-hybridized carbons (Fsp3) is 0.200. The Morgan fingerprint density at radius 1 is 1.16 bits per heavy atom. The van der Waals surface area contributed by atoms with E-state index in [1.807, 2.05) is 49.4 Å². The minimum Gasteiger partial charge on any atom is -0.508 e. The molecule has 128 valence electrons. The third kappa shape index (κ3) is 4.70. The summed E-state index contributed by atoms with van der Waals surface area (Å²) >= 11 is 0. The fourth-order valence-corrected chi connectivity index (χ4v) is 2.65. The Labute approximate surface area is 146 Å². The van der Waals surface area contributed by atoms with Gasteiger partial charge in [0.2, 0.25) is 0 Å². The van der Waals surface area contributed by atoms with E-state index < -0.39 is 0 Å². The molecule has 3 rings (SSSR count). The summed E-state index contributed by atoms with van der Waals surface area (Å²) in [7, 11) is 0. The number of aryl methyl sites for hydroxylation is 1. The van der Waals surface area contributed by atoms with Crippen molar-refractivity contribution in [3.8, 4) is 5.75 Å². The average Bonchev–Trinajstić information content (AvgIpc) is 2.61. The number of fused-ring (bicyclic) bond motifs is 1. The number of amides is 2. The van der Waals surface area contributed by atoms with Crippen LogP contribution in [0, 0.1) is 0 Å². The minimum absolute atomic E-state index is 0.0346. The van der Waals surface area contributed by atoms with E-state index in [-0.39, 0.29) is 17.8 Å². The second-order valence-electron chi connectivity index (χ2n) is 6.12. The van der Waals surface area contributed by atoms with Crippen LogP contribution in [-0.4, -0.2) is 22.2 Å².